The van der Waals surface area contributed by atoms with Gasteiger partial charge in [-0.2, -0.15) is 5.10 Å². The second-order valence-corrected chi connectivity index (χ2v) is 7.38. The van der Waals surface area contributed by atoms with Gasteiger partial charge in [-0.3, -0.25) is 14.3 Å². The van der Waals surface area contributed by atoms with Gasteiger partial charge in [0.05, 0.1) is 19.8 Å². The quantitative estimate of drug-likeness (QED) is 0.691. The van der Waals surface area contributed by atoms with E-state index in [1.54, 1.807) is 4.68 Å². The van der Waals surface area contributed by atoms with Crippen LogP contribution in [0.4, 0.5) is 13.2 Å². The zero-order valence-corrected chi connectivity index (χ0v) is 16.5. The molecular formula is C20H21F3N4O4. The Labute approximate surface area is 175 Å². The molecule has 1 aliphatic heterocycles. The zero-order chi connectivity index (χ0) is 22.0. The second kappa shape index (κ2) is 8.58. The molecule has 0 saturated heterocycles. The molecule has 1 saturated carbocycles. The van der Waals surface area contributed by atoms with E-state index in [1.807, 2.05) is 0 Å². The summed E-state index contributed by atoms with van der Waals surface area (Å²) in [5.41, 5.74) is 2.24. The Hall–Kier alpha value is -3.08. The Kier molecular flexibility index (Phi) is 5.86. The first kappa shape index (κ1) is 21.2. The molecule has 1 aromatic carbocycles. The topological polar surface area (TPSA) is 94.5 Å². The molecule has 11 heteroatoms. The summed E-state index contributed by atoms with van der Waals surface area (Å²) >= 11 is 0. The van der Waals surface area contributed by atoms with Crippen LogP contribution in [0.2, 0.25) is 0 Å². The van der Waals surface area contributed by atoms with E-state index in [9.17, 15) is 22.8 Å². The smallest absolute Gasteiger partial charge is 0.406 e. The lowest BCUT2D eigenvalue weighted by Crippen LogP contribution is -2.28. The first-order valence-electron chi connectivity index (χ1n) is 9.91. The molecule has 8 nitrogen and oxygen atoms in total. The van der Waals surface area contributed by atoms with Gasteiger partial charge in [0.25, 0.3) is 11.8 Å². The van der Waals surface area contributed by atoms with Crippen molar-refractivity contribution in [2.45, 2.75) is 44.8 Å². The molecule has 0 atom stereocenters. The van der Waals surface area contributed by atoms with E-state index in [4.69, 9.17) is 4.74 Å². The molecule has 31 heavy (non-hydrogen) atoms. The van der Waals surface area contributed by atoms with Crippen LogP contribution in [0.15, 0.2) is 24.3 Å². The van der Waals surface area contributed by atoms with Gasteiger partial charge in [0.1, 0.15) is 5.75 Å². The van der Waals surface area contributed by atoms with E-state index < -0.39 is 18.0 Å². The molecule has 0 radical (unpaired) electrons. The minimum absolute atomic E-state index is 0.204. The van der Waals surface area contributed by atoms with Gasteiger partial charge in [0.15, 0.2) is 5.69 Å². The number of amides is 2. The molecule has 2 amide bonds. The summed E-state index contributed by atoms with van der Waals surface area (Å²) in [6.07, 6.45) is -2.22. The molecule has 1 aliphatic carbocycles. The van der Waals surface area contributed by atoms with Crippen LogP contribution >= 0.6 is 0 Å². The highest BCUT2D eigenvalue weighted by molar-refractivity contribution is 5.95. The van der Waals surface area contributed by atoms with Crippen LogP contribution in [0.25, 0.3) is 0 Å². The second-order valence-electron chi connectivity index (χ2n) is 7.38. The van der Waals surface area contributed by atoms with Crippen molar-refractivity contribution in [3.8, 4) is 5.75 Å². The Morgan fingerprint density at radius 1 is 1.19 bits per heavy atom. The monoisotopic (exact) mass is 438 g/mol. The van der Waals surface area contributed by atoms with E-state index >= 15 is 0 Å². The third-order valence-corrected chi connectivity index (χ3v) is 4.98. The summed E-state index contributed by atoms with van der Waals surface area (Å²) in [6, 6.07) is 4.88. The standard InChI is InChI=1S/C20H21F3N4O4/c21-20(22,23)31-14-5-1-12(2-6-14)18(28)24-8-9-27-16-7-10-30-11-15(16)17(26-27)19(29)25-13-3-4-13/h1-2,5-6,13H,3-4,7-11H2,(H,24,28)(H,25,29). The average molecular weight is 438 g/mol. The van der Waals surface area contributed by atoms with Gasteiger partial charge in [-0.25, -0.2) is 0 Å². The number of alkyl halides is 3. The predicted octanol–water partition coefficient (Wildman–Crippen LogP) is 2.18. The Bertz CT molecular complexity index is 968. The third-order valence-electron chi connectivity index (χ3n) is 4.98. The van der Waals surface area contributed by atoms with Crippen LogP contribution in [0.1, 0.15) is 44.9 Å². The number of hydrogen-bond donors (Lipinski definition) is 2. The van der Waals surface area contributed by atoms with Crippen LogP contribution in [0.3, 0.4) is 0 Å². The Balaban J connectivity index is 1.36. The SMILES string of the molecule is O=C(NCCn1nc(C(=O)NC2CC2)c2c1CCOC2)c1ccc(OC(F)(F)F)cc1. The molecule has 166 valence electrons. The molecule has 2 aliphatic rings. The van der Waals surface area contributed by atoms with Gasteiger partial charge in [-0.05, 0) is 37.1 Å². The van der Waals surface area contributed by atoms with Crippen molar-refractivity contribution >= 4 is 11.8 Å². The van der Waals surface area contributed by atoms with Gasteiger partial charge in [-0.1, -0.05) is 0 Å². The molecule has 2 aromatic rings. The lowest BCUT2D eigenvalue weighted by Gasteiger charge is -2.15. The predicted molar refractivity (Wildman–Crippen MR) is 102 cm³/mol. The van der Waals surface area contributed by atoms with Crippen LogP contribution < -0.4 is 15.4 Å². The van der Waals surface area contributed by atoms with Crippen LogP contribution in [-0.4, -0.2) is 47.2 Å². The number of nitrogens with one attached hydrogen (secondary N) is 2. The molecule has 0 unspecified atom stereocenters. The van der Waals surface area contributed by atoms with Crippen LogP contribution in [0.5, 0.6) is 5.75 Å². The number of halogens is 3. The summed E-state index contributed by atoms with van der Waals surface area (Å²) in [7, 11) is 0. The molecule has 2 heterocycles. The first-order chi connectivity index (χ1) is 14.8. The fourth-order valence-corrected chi connectivity index (χ4v) is 3.34. The molecule has 2 N–H and O–H groups in total. The molecule has 1 fully saturated rings. The van der Waals surface area contributed by atoms with E-state index in [1.165, 1.54) is 12.1 Å². The normalized spacial score (nSPS) is 15.8. The number of carbonyl (C=O) groups excluding carboxylic acids is 2. The molecule has 1 aromatic heterocycles. The Morgan fingerprint density at radius 2 is 1.94 bits per heavy atom. The van der Waals surface area contributed by atoms with E-state index in [-0.39, 0.29) is 24.1 Å². The highest BCUT2D eigenvalue weighted by Gasteiger charge is 2.31. The maximum absolute atomic E-state index is 12.5. The van der Waals surface area contributed by atoms with Crippen molar-refractivity contribution in [3.05, 3.63) is 46.8 Å². The fourth-order valence-electron chi connectivity index (χ4n) is 3.34. The molecule has 0 spiro atoms. The highest BCUT2D eigenvalue weighted by atomic mass is 19.4. The summed E-state index contributed by atoms with van der Waals surface area (Å²) in [5, 5.41) is 10.1. The maximum Gasteiger partial charge on any atom is 0.573 e. The van der Waals surface area contributed by atoms with E-state index in [0.717, 1.165) is 36.2 Å². The average Bonchev–Trinajstić information content (AvgIpc) is 3.46. The number of ether oxygens (including phenoxy) is 2. The van der Waals surface area contributed by atoms with Gasteiger partial charge in [0, 0.05) is 35.8 Å². The number of nitrogens with zero attached hydrogens (tertiary/aromatic N) is 2. The molecular weight excluding hydrogens is 417 g/mol. The number of rotatable bonds is 7. The first-order valence-corrected chi connectivity index (χ1v) is 9.91. The number of aromatic nitrogens is 2. The largest absolute Gasteiger partial charge is 0.573 e. The van der Waals surface area contributed by atoms with Crippen molar-refractivity contribution in [1.29, 1.82) is 0 Å². The minimum Gasteiger partial charge on any atom is -0.406 e. The molecule has 0 bridgehead atoms. The van der Waals surface area contributed by atoms with Gasteiger partial charge >= 0.3 is 6.36 Å². The summed E-state index contributed by atoms with van der Waals surface area (Å²) in [5.74, 6) is -1.05. The summed E-state index contributed by atoms with van der Waals surface area (Å²) in [4.78, 5) is 24.7. The number of benzene rings is 1. The van der Waals surface area contributed by atoms with Crippen molar-refractivity contribution in [3.63, 3.8) is 0 Å². The van der Waals surface area contributed by atoms with Gasteiger partial charge in [0.2, 0.25) is 0 Å². The van der Waals surface area contributed by atoms with Crippen molar-refractivity contribution < 1.29 is 32.2 Å². The third kappa shape index (κ3) is 5.35. The number of hydrogen-bond acceptors (Lipinski definition) is 5. The lowest BCUT2D eigenvalue weighted by molar-refractivity contribution is -0.274. The number of fused-ring (bicyclic) bond motifs is 1. The minimum atomic E-state index is -4.79. The summed E-state index contributed by atoms with van der Waals surface area (Å²) < 4.78 is 47.6. The zero-order valence-electron chi connectivity index (χ0n) is 16.5. The van der Waals surface area contributed by atoms with Crippen molar-refractivity contribution in [1.82, 2.24) is 20.4 Å². The van der Waals surface area contributed by atoms with E-state index in [0.29, 0.717) is 31.9 Å². The van der Waals surface area contributed by atoms with E-state index in [2.05, 4.69) is 20.5 Å². The van der Waals surface area contributed by atoms with Gasteiger partial charge < -0.3 is 20.1 Å². The fraction of sp³-hybridized carbons (Fsp3) is 0.450. The van der Waals surface area contributed by atoms with Crippen molar-refractivity contribution in [2.75, 3.05) is 13.2 Å². The summed E-state index contributed by atoms with van der Waals surface area (Å²) in [6.45, 7) is 1.43. The maximum atomic E-state index is 12.5. The lowest BCUT2D eigenvalue weighted by atomic mass is 10.1. The van der Waals surface area contributed by atoms with Crippen LogP contribution in [0, 0.1) is 0 Å². The Morgan fingerprint density at radius 3 is 2.61 bits per heavy atom. The van der Waals surface area contributed by atoms with Crippen molar-refractivity contribution in [2.24, 2.45) is 0 Å². The number of carbonyl (C=O) groups is 2. The van der Waals surface area contributed by atoms with Gasteiger partial charge in [-0.15, -0.1) is 13.2 Å². The highest BCUT2D eigenvalue weighted by Crippen LogP contribution is 2.24. The van der Waals surface area contributed by atoms with Crippen LogP contribution in [-0.2, 0) is 24.3 Å². The molecule has 4 rings (SSSR count).